The third-order valence-corrected chi connectivity index (χ3v) is 2.19. The first kappa shape index (κ1) is 9.97. The number of aryl methyl sites for hydroxylation is 2. The molecule has 0 radical (unpaired) electrons. The van der Waals surface area contributed by atoms with Crippen LogP contribution in [0.15, 0.2) is 24.3 Å². The van der Waals surface area contributed by atoms with Crippen LogP contribution in [0.4, 0.5) is 0 Å². The fourth-order valence-electron chi connectivity index (χ4n) is 1.34. The molecule has 0 saturated carbocycles. The van der Waals surface area contributed by atoms with Gasteiger partial charge in [-0.1, -0.05) is 31.2 Å². The van der Waals surface area contributed by atoms with E-state index >= 15 is 0 Å². The molecular weight excluding hydrogens is 158 g/mol. The fourth-order valence-corrected chi connectivity index (χ4v) is 1.34. The molecular formula is C12H17N. The van der Waals surface area contributed by atoms with Crippen LogP contribution in [0.5, 0.6) is 0 Å². The summed E-state index contributed by atoms with van der Waals surface area (Å²) in [5.74, 6) is 0. The van der Waals surface area contributed by atoms with Crippen LogP contribution >= 0.6 is 0 Å². The van der Waals surface area contributed by atoms with Crippen LogP contribution in [-0.4, -0.2) is 5.71 Å². The molecule has 0 aliphatic heterocycles. The third-order valence-electron chi connectivity index (χ3n) is 2.19. The number of benzene rings is 1. The van der Waals surface area contributed by atoms with E-state index in [2.05, 4.69) is 31.2 Å². The zero-order valence-corrected chi connectivity index (χ0v) is 8.43. The van der Waals surface area contributed by atoms with Crippen molar-refractivity contribution >= 4 is 5.71 Å². The summed E-state index contributed by atoms with van der Waals surface area (Å²) in [4.78, 5) is 0. The summed E-state index contributed by atoms with van der Waals surface area (Å²) in [7, 11) is 0. The lowest BCUT2D eigenvalue weighted by molar-refractivity contribution is 1.01. The third kappa shape index (κ3) is 3.41. The quantitative estimate of drug-likeness (QED) is 0.679. The first-order chi connectivity index (χ1) is 6.22. The van der Waals surface area contributed by atoms with E-state index in [-0.39, 0.29) is 0 Å². The predicted octanol–water partition coefficient (Wildman–Crippen LogP) is 3.22. The lowest BCUT2D eigenvalue weighted by Gasteiger charge is -2.02. The Bertz CT molecular complexity index is 289. The lowest BCUT2D eigenvalue weighted by atomic mass is 10.0. The van der Waals surface area contributed by atoms with Crippen LogP contribution in [-0.2, 0) is 12.8 Å². The highest BCUT2D eigenvalue weighted by molar-refractivity contribution is 5.78. The van der Waals surface area contributed by atoms with E-state index in [4.69, 9.17) is 5.41 Å². The second kappa shape index (κ2) is 4.80. The van der Waals surface area contributed by atoms with E-state index < -0.39 is 0 Å². The lowest BCUT2D eigenvalue weighted by Crippen LogP contribution is -1.93. The molecule has 0 aromatic heterocycles. The molecule has 0 spiro atoms. The Morgan fingerprint density at radius 1 is 1.31 bits per heavy atom. The highest BCUT2D eigenvalue weighted by Crippen LogP contribution is 2.08. The van der Waals surface area contributed by atoms with Crippen molar-refractivity contribution in [1.82, 2.24) is 0 Å². The smallest absolute Gasteiger partial charge is 0.00615 e. The van der Waals surface area contributed by atoms with Gasteiger partial charge in [0.2, 0.25) is 0 Å². The molecule has 0 heterocycles. The number of hydrogen-bond donors (Lipinski definition) is 1. The van der Waals surface area contributed by atoms with Crippen molar-refractivity contribution in [3.8, 4) is 0 Å². The molecule has 1 nitrogen and oxygen atoms in total. The fraction of sp³-hybridized carbons (Fsp3) is 0.417. The van der Waals surface area contributed by atoms with Gasteiger partial charge in [0.05, 0.1) is 0 Å². The molecule has 0 fully saturated rings. The molecule has 0 aliphatic rings. The molecule has 1 N–H and O–H groups in total. The first-order valence-corrected chi connectivity index (χ1v) is 4.84. The molecule has 0 unspecified atom stereocenters. The average molecular weight is 175 g/mol. The summed E-state index contributed by atoms with van der Waals surface area (Å²) in [6, 6.07) is 8.64. The van der Waals surface area contributed by atoms with E-state index in [9.17, 15) is 0 Å². The van der Waals surface area contributed by atoms with E-state index in [1.165, 1.54) is 11.1 Å². The minimum atomic E-state index is 0.766. The Labute approximate surface area is 80.3 Å². The summed E-state index contributed by atoms with van der Waals surface area (Å²) in [6.07, 6.45) is 2.98. The second-order valence-corrected chi connectivity index (χ2v) is 3.45. The monoisotopic (exact) mass is 175 g/mol. The van der Waals surface area contributed by atoms with Gasteiger partial charge in [0.1, 0.15) is 0 Å². The van der Waals surface area contributed by atoms with Crippen molar-refractivity contribution in [2.75, 3.05) is 0 Å². The maximum Gasteiger partial charge on any atom is 0.00615 e. The Hall–Kier alpha value is -1.11. The molecule has 13 heavy (non-hydrogen) atoms. The predicted molar refractivity (Wildman–Crippen MR) is 57.5 cm³/mol. The molecule has 70 valence electrons. The average Bonchev–Trinajstić information content (AvgIpc) is 2.15. The van der Waals surface area contributed by atoms with Crippen LogP contribution < -0.4 is 0 Å². The topological polar surface area (TPSA) is 23.9 Å². The van der Waals surface area contributed by atoms with Crippen molar-refractivity contribution in [2.45, 2.75) is 33.1 Å². The van der Waals surface area contributed by atoms with Crippen molar-refractivity contribution in [3.63, 3.8) is 0 Å². The highest BCUT2D eigenvalue weighted by Gasteiger charge is 1.95. The van der Waals surface area contributed by atoms with E-state index in [0.717, 1.165) is 25.0 Å². The van der Waals surface area contributed by atoms with Gasteiger partial charge in [-0.05, 0) is 37.3 Å². The Morgan fingerprint density at radius 3 is 2.62 bits per heavy atom. The first-order valence-electron chi connectivity index (χ1n) is 4.84. The van der Waals surface area contributed by atoms with Crippen molar-refractivity contribution in [2.24, 2.45) is 0 Å². The second-order valence-electron chi connectivity index (χ2n) is 3.45. The Balaban J connectivity index is 2.61. The van der Waals surface area contributed by atoms with Gasteiger partial charge in [-0.2, -0.15) is 0 Å². The normalized spacial score (nSPS) is 10.0. The number of rotatable bonds is 4. The molecule has 0 amide bonds. The van der Waals surface area contributed by atoms with Crippen molar-refractivity contribution < 1.29 is 0 Å². The van der Waals surface area contributed by atoms with Gasteiger partial charge in [-0.15, -0.1) is 0 Å². The minimum absolute atomic E-state index is 0.766. The Morgan fingerprint density at radius 2 is 2.00 bits per heavy atom. The molecule has 0 atom stereocenters. The molecule has 0 bridgehead atoms. The molecule has 0 aliphatic carbocycles. The molecule has 1 rings (SSSR count). The van der Waals surface area contributed by atoms with Crippen LogP contribution in [0.2, 0.25) is 0 Å². The summed E-state index contributed by atoms with van der Waals surface area (Å²) in [5, 5.41) is 7.34. The van der Waals surface area contributed by atoms with Gasteiger partial charge in [0.25, 0.3) is 0 Å². The number of nitrogens with one attached hydrogen (secondary N) is 1. The van der Waals surface area contributed by atoms with E-state index in [1.807, 2.05) is 6.92 Å². The van der Waals surface area contributed by atoms with Crippen LogP contribution in [0.25, 0.3) is 0 Å². The summed E-state index contributed by atoms with van der Waals surface area (Å²) in [5.41, 5.74) is 3.51. The maximum atomic E-state index is 7.34. The van der Waals surface area contributed by atoms with Gasteiger partial charge >= 0.3 is 0 Å². The SMILES string of the molecule is CCc1cccc(CCC(C)=N)c1. The van der Waals surface area contributed by atoms with E-state index in [1.54, 1.807) is 0 Å². The zero-order valence-electron chi connectivity index (χ0n) is 8.43. The number of hydrogen-bond acceptors (Lipinski definition) is 1. The van der Waals surface area contributed by atoms with Crippen LogP contribution in [0, 0.1) is 5.41 Å². The highest BCUT2D eigenvalue weighted by atomic mass is 14.4. The minimum Gasteiger partial charge on any atom is -0.310 e. The van der Waals surface area contributed by atoms with Crippen LogP contribution in [0.1, 0.15) is 31.4 Å². The summed E-state index contributed by atoms with van der Waals surface area (Å²) < 4.78 is 0. The molecule has 0 saturated heterocycles. The molecule has 1 heteroatoms. The van der Waals surface area contributed by atoms with Gasteiger partial charge in [-0.3, -0.25) is 0 Å². The maximum absolute atomic E-state index is 7.34. The summed E-state index contributed by atoms with van der Waals surface area (Å²) >= 11 is 0. The van der Waals surface area contributed by atoms with Crippen molar-refractivity contribution in [3.05, 3.63) is 35.4 Å². The largest absolute Gasteiger partial charge is 0.310 e. The van der Waals surface area contributed by atoms with Crippen molar-refractivity contribution in [1.29, 1.82) is 5.41 Å². The van der Waals surface area contributed by atoms with Gasteiger partial charge in [-0.25, -0.2) is 0 Å². The molecule has 1 aromatic rings. The van der Waals surface area contributed by atoms with Gasteiger partial charge < -0.3 is 5.41 Å². The van der Waals surface area contributed by atoms with Gasteiger partial charge in [0, 0.05) is 5.71 Å². The molecule has 1 aromatic carbocycles. The van der Waals surface area contributed by atoms with E-state index in [0.29, 0.717) is 0 Å². The standard InChI is InChI=1S/C12H17N/c1-3-11-5-4-6-12(9-11)8-7-10(2)13/h4-6,9,13H,3,7-8H2,1-2H3. The van der Waals surface area contributed by atoms with Crippen LogP contribution in [0.3, 0.4) is 0 Å². The summed E-state index contributed by atoms with van der Waals surface area (Å²) in [6.45, 7) is 4.03. The van der Waals surface area contributed by atoms with Gasteiger partial charge in [0.15, 0.2) is 0 Å². The Kier molecular flexibility index (Phi) is 3.69. The zero-order chi connectivity index (χ0) is 9.68.